The summed E-state index contributed by atoms with van der Waals surface area (Å²) in [7, 11) is 1.53. The number of amides is 1. The summed E-state index contributed by atoms with van der Waals surface area (Å²) in [5.41, 5.74) is 2.99. The Morgan fingerprint density at radius 1 is 1.34 bits per heavy atom. The molecule has 3 heterocycles. The number of benzene rings is 1. The van der Waals surface area contributed by atoms with E-state index in [4.69, 9.17) is 17.0 Å². The van der Waals surface area contributed by atoms with Crippen LogP contribution in [0.4, 0.5) is 8.78 Å². The number of aromatic nitrogens is 3. The zero-order valence-electron chi connectivity index (χ0n) is 20.9. The Kier molecular flexibility index (Phi) is 8.38. The first-order valence-electron chi connectivity index (χ1n) is 11.6. The van der Waals surface area contributed by atoms with Crippen molar-refractivity contribution in [1.82, 2.24) is 25.0 Å². The maximum absolute atomic E-state index is 13.3. The summed E-state index contributed by atoms with van der Waals surface area (Å²) in [6.07, 6.45) is 2.53. The number of nitrogens with zero attached hydrogens (tertiary/aromatic N) is 5. The number of carbonyl (C=O) groups excluding carboxylic acids is 1. The van der Waals surface area contributed by atoms with E-state index in [-0.39, 0.29) is 22.2 Å². The van der Waals surface area contributed by atoms with E-state index in [0.29, 0.717) is 40.0 Å². The summed E-state index contributed by atoms with van der Waals surface area (Å²) >= 11 is 6.56. The van der Waals surface area contributed by atoms with E-state index < -0.39 is 6.43 Å². The molecular weight excluding hydrogens is 530 g/mol. The molecule has 2 aromatic heterocycles. The second-order valence-electron chi connectivity index (χ2n) is 8.40. The number of carbonyl (C=O) groups is 1. The first kappa shape index (κ1) is 27.2. The van der Waals surface area contributed by atoms with Crippen LogP contribution in [-0.4, -0.2) is 37.8 Å². The molecule has 0 saturated carbocycles. The van der Waals surface area contributed by atoms with Crippen molar-refractivity contribution in [3.05, 3.63) is 75.9 Å². The van der Waals surface area contributed by atoms with Gasteiger partial charge in [-0.1, -0.05) is 6.07 Å². The molecule has 3 aromatic rings. The van der Waals surface area contributed by atoms with Crippen LogP contribution >= 0.6 is 24.0 Å². The van der Waals surface area contributed by atoms with Crippen LogP contribution in [0, 0.1) is 18.3 Å². The van der Waals surface area contributed by atoms with Crippen LogP contribution in [0.2, 0.25) is 0 Å². The highest BCUT2D eigenvalue weighted by Crippen LogP contribution is 2.33. The standard InChI is InChI=1S/C26H24F2N6O2S2/c1-4-33-12-17(11-30-33)13-34-25(35)21(32-26(34)37)9-16-5-6-22(36-3)18(8-16)14-38-24-19(10-29)15(2)7-20(31-24)23(27)28/h5-9,11-12,23H,4,13-14H2,1-3H3,(H,32,37)/b21-9+. The van der Waals surface area contributed by atoms with Crippen LogP contribution in [0.3, 0.4) is 0 Å². The summed E-state index contributed by atoms with van der Waals surface area (Å²) in [4.78, 5) is 18.5. The highest BCUT2D eigenvalue weighted by Gasteiger charge is 2.31. The molecule has 0 bridgehead atoms. The number of nitriles is 1. The Morgan fingerprint density at radius 2 is 2.13 bits per heavy atom. The molecule has 1 aliphatic heterocycles. The highest BCUT2D eigenvalue weighted by atomic mass is 32.2. The maximum Gasteiger partial charge on any atom is 0.280 e. The predicted octanol–water partition coefficient (Wildman–Crippen LogP) is 4.97. The second kappa shape index (κ2) is 11.7. The van der Waals surface area contributed by atoms with E-state index in [0.717, 1.165) is 17.7 Å². The van der Waals surface area contributed by atoms with Gasteiger partial charge in [0.25, 0.3) is 12.3 Å². The van der Waals surface area contributed by atoms with Crippen LogP contribution in [-0.2, 0) is 23.6 Å². The number of methoxy groups -OCH3 is 1. The quantitative estimate of drug-likeness (QED) is 0.225. The highest BCUT2D eigenvalue weighted by molar-refractivity contribution is 7.98. The molecule has 1 aromatic carbocycles. The third-order valence-corrected chi connectivity index (χ3v) is 7.18. The van der Waals surface area contributed by atoms with Crippen molar-refractivity contribution in [1.29, 1.82) is 5.26 Å². The molecule has 38 heavy (non-hydrogen) atoms. The number of ether oxygens (including phenoxy) is 1. The van der Waals surface area contributed by atoms with E-state index in [9.17, 15) is 18.8 Å². The van der Waals surface area contributed by atoms with Crippen molar-refractivity contribution in [2.24, 2.45) is 0 Å². The van der Waals surface area contributed by atoms with Gasteiger partial charge in [-0.05, 0) is 61.5 Å². The topological polar surface area (TPSA) is 96.1 Å². The molecule has 1 fully saturated rings. The Morgan fingerprint density at radius 3 is 2.79 bits per heavy atom. The van der Waals surface area contributed by atoms with Gasteiger partial charge < -0.3 is 10.1 Å². The molecule has 1 N–H and O–H groups in total. The molecule has 1 aliphatic rings. The summed E-state index contributed by atoms with van der Waals surface area (Å²) in [5.74, 6) is 0.630. The largest absolute Gasteiger partial charge is 0.496 e. The lowest BCUT2D eigenvalue weighted by Crippen LogP contribution is -2.29. The first-order valence-corrected chi connectivity index (χ1v) is 13.0. The molecule has 4 rings (SSSR count). The SMILES string of the molecule is CCn1cc(CN2C(=O)/C(=C\c3ccc(OC)c(CSc4nc(C(F)F)cc(C)c4C#N)c3)NC2=S)cn1. The van der Waals surface area contributed by atoms with Crippen molar-refractivity contribution in [2.75, 3.05) is 7.11 Å². The smallest absolute Gasteiger partial charge is 0.280 e. The van der Waals surface area contributed by atoms with Crippen LogP contribution in [0.25, 0.3) is 6.08 Å². The molecule has 0 atom stereocenters. The fourth-order valence-corrected chi connectivity index (χ4v) is 5.19. The lowest BCUT2D eigenvalue weighted by molar-refractivity contribution is -0.122. The number of aryl methyl sites for hydroxylation is 2. The lowest BCUT2D eigenvalue weighted by atomic mass is 10.1. The van der Waals surface area contributed by atoms with Crippen molar-refractivity contribution < 1.29 is 18.3 Å². The summed E-state index contributed by atoms with van der Waals surface area (Å²) < 4.78 is 33.8. The normalized spacial score (nSPS) is 14.3. The van der Waals surface area contributed by atoms with Crippen LogP contribution in [0.1, 0.15) is 46.9 Å². The third-order valence-electron chi connectivity index (χ3n) is 5.83. The molecular formula is C26H24F2N6O2S2. The van der Waals surface area contributed by atoms with Gasteiger partial charge >= 0.3 is 0 Å². The van der Waals surface area contributed by atoms with Gasteiger partial charge in [-0.15, -0.1) is 11.8 Å². The van der Waals surface area contributed by atoms with Gasteiger partial charge in [0.05, 0.1) is 25.4 Å². The van der Waals surface area contributed by atoms with Gasteiger partial charge in [-0.3, -0.25) is 14.4 Å². The molecule has 0 radical (unpaired) electrons. The van der Waals surface area contributed by atoms with Gasteiger partial charge in [-0.2, -0.15) is 10.4 Å². The zero-order valence-corrected chi connectivity index (χ0v) is 22.5. The van der Waals surface area contributed by atoms with Crippen molar-refractivity contribution in [2.45, 2.75) is 44.1 Å². The Hall–Kier alpha value is -3.82. The Bertz CT molecular complexity index is 1460. The minimum atomic E-state index is -2.74. The van der Waals surface area contributed by atoms with E-state index in [2.05, 4.69) is 21.5 Å². The van der Waals surface area contributed by atoms with Crippen LogP contribution in [0.5, 0.6) is 5.75 Å². The number of rotatable bonds is 9. The number of alkyl halides is 2. The number of pyridine rings is 1. The minimum Gasteiger partial charge on any atom is -0.496 e. The predicted molar refractivity (Wildman–Crippen MR) is 143 cm³/mol. The second-order valence-corrected chi connectivity index (χ2v) is 9.75. The maximum atomic E-state index is 13.3. The fourth-order valence-electron chi connectivity index (χ4n) is 3.89. The van der Waals surface area contributed by atoms with Crippen LogP contribution < -0.4 is 10.1 Å². The molecule has 1 amide bonds. The van der Waals surface area contributed by atoms with Gasteiger partial charge in [-0.25, -0.2) is 13.8 Å². The number of hydrogen-bond donors (Lipinski definition) is 1. The third kappa shape index (κ3) is 5.84. The number of thiocarbonyl (C=S) groups is 1. The molecule has 196 valence electrons. The van der Waals surface area contributed by atoms with Gasteiger partial charge in [0.1, 0.15) is 28.2 Å². The van der Waals surface area contributed by atoms with E-state index in [1.807, 2.05) is 19.2 Å². The average molecular weight is 555 g/mol. The van der Waals surface area contributed by atoms with Crippen molar-refractivity contribution >= 4 is 41.1 Å². The van der Waals surface area contributed by atoms with Crippen LogP contribution in [0.15, 0.2) is 47.4 Å². The monoisotopic (exact) mass is 554 g/mol. The lowest BCUT2D eigenvalue weighted by Gasteiger charge is -2.12. The Balaban J connectivity index is 1.56. The Labute approximate surface area is 228 Å². The number of halogens is 2. The molecule has 0 spiro atoms. The molecule has 0 unspecified atom stereocenters. The summed E-state index contributed by atoms with van der Waals surface area (Å²) in [6.45, 7) is 4.62. The molecule has 1 saturated heterocycles. The number of thioether (sulfide) groups is 1. The van der Waals surface area contributed by atoms with E-state index >= 15 is 0 Å². The fraction of sp³-hybridized carbons (Fsp3) is 0.269. The van der Waals surface area contributed by atoms with Crippen molar-refractivity contribution in [3.8, 4) is 11.8 Å². The van der Waals surface area contributed by atoms with Crippen molar-refractivity contribution in [3.63, 3.8) is 0 Å². The van der Waals surface area contributed by atoms with Gasteiger partial charge in [0, 0.05) is 29.6 Å². The molecule has 0 aliphatic carbocycles. The first-order chi connectivity index (χ1) is 18.2. The minimum absolute atomic E-state index is 0.230. The number of nitrogens with one attached hydrogen (secondary N) is 1. The van der Waals surface area contributed by atoms with Gasteiger partial charge in [0.15, 0.2) is 5.11 Å². The van der Waals surface area contributed by atoms with E-state index in [1.165, 1.54) is 29.8 Å². The molecule has 12 heteroatoms. The zero-order chi connectivity index (χ0) is 27.4. The summed E-state index contributed by atoms with van der Waals surface area (Å²) in [6, 6.07) is 8.68. The average Bonchev–Trinajstić information content (AvgIpc) is 3.46. The van der Waals surface area contributed by atoms with E-state index in [1.54, 1.807) is 36.0 Å². The summed E-state index contributed by atoms with van der Waals surface area (Å²) in [5, 5.41) is 17.3. The van der Waals surface area contributed by atoms with Gasteiger partial charge in [0.2, 0.25) is 0 Å². The molecule has 8 nitrogen and oxygen atoms in total. The number of hydrogen-bond acceptors (Lipinski definition) is 7.